The van der Waals surface area contributed by atoms with Crippen LogP contribution in [0.3, 0.4) is 0 Å². The number of nitrogens with one attached hydrogen (secondary N) is 3. The third kappa shape index (κ3) is 10.5. The highest BCUT2D eigenvalue weighted by atomic mass is 16.6. The lowest BCUT2D eigenvalue weighted by molar-refractivity contribution is -0.460. The minimum Gasteiger partial charge on any atom is -0.511 e. The first-order chi connectivity index (χ1) is 16.9. The maximum absolute atomic E-state index is 12.9. The lowest BCUT2D eigenvalue weighted by atomic mass is 9.75. The molecule has 0 saturated carbocycles. The van der Waals surface area contributed by atoms with Crippen LogP contribution in [0.1, 0.15) is 59.4 Å². The number of aliphatic hydroxyl groups is 1. The van der Waals surface area contributed by atoms with Crippen LogP contribution in [0.15, 0.2) is 46.7 Å². The number of carbonyl (C=O) groups is 2. The molecule has 0 heterocycles. The Kier molecular flexibility index (Phi) is 10.5. The number of aliphatic hydroxyl groups excluding tert-OH is 1. The molecular formula is C27H42N5O4+. The Labute approximate surface area is 214 Å². The van der Waals surface area contributed by atoms with Gasteiger partial charge in [-0.25, -0.2) is 4.79 Å². The topological polar surface area (TPSA) is 140 Å². The predicted octanol–water partition coefficient (Wildman–Crippen LogP) is 1.77. The van der Waals surface area contributed by atoms with E-state index in [0.29, 0.717) is 69.1 Å². The Morgan fingerprint density at radius 3 is 2.47 bits per heavy atom. The van der Waals surface area contributed by atoms with Crippen molar-refractivity contribution in [1.82, 2.24) is 10.6 Å². The molecule has 0 bridgehead atoms. The van der Waals surface area contributed by atoms with E-state index in [4.69, 9.17) is 15.5 Å². The van der Waals surface area contributed by atoms with Crippen molar-refractivity contribution in [1.29, 1.82) is 0 Å². The number of alkyl carbamates (subject to hydrolysis) is 1. The van der Waals surface area contributed by atoms with E-state index in [9.17, 15) is 14.7 Å². The summed E-state index contributed by atoms with van der Waals surface area (Å²) in [5.74, 6) is 0.476. The van der Waals surface area contributed by atoms with Gasteiger partial charge in [-0.2, -0.15) is 0 Å². The lowest BCUT2D eigenvalue weighted by Crippen LogP contribution is -2.79. The number of nitrogens with zero attached hydrogens (tertiary/aromatic N) is 1. The third-order valence-electron chi connectivity index (χ3n) is 5.42. The van der Waals surface area contributed by atoms with E-state index in [1.807, 2.05) is 65.0 Å². The van der Waals surface area contributed by atoms with Crippen molar-refractivity contribution in [2.45, 2.75) is 65.9 Å². The van der Waals surface area contributed by atoms with Gasteiger partial charge in [0, 0.05) is 25.8 Å². The Morgan fingerprint density at radius 2 is 1.83 bits per heavy atom. The molecule has 0 aromatic heterocycles. The molecule has 2 rings (SSSR count). The number of amides is 1. The van der Waals surface area contributed by atoms with Gasteiger partial charge >= 0.3 is 12.1 Å². The van der Waals surface area contributed by atoms with Crippen molar-refractivity contribution in [3.05, 3.63) is 47.2 Å². The number of ether oxygens (including phenoxy) is 1. The van der Waals surface area contributed by atoms with Gasteiger partial charge in [0.2, 0.25) is 0 Å². The van der Waals surface area contributed by atoms with E-state index in [-0.39, 0.29) is 17.0 Å². The summed E-state index contributed by atoms with van der Waals surface area (Å²) in [6.45, 7) is 11.3. The number of benzene rings is 1. The van der Waals surface area contributed by atoms with Crippen LogP contribution in [0.25, 0.3) is 0 Å². The lowest BCUT2D eigenvalue weighted by Gasteiger charge is -2.30. The van der Waals surface area contributed by atoms with Crippen LogP contribution in [-0.2, 0) is 16.0 Å². The number of carbonyl (C=O) groups excluding carboxylic acids is 2. The summed E-state index contributed by atoms with van der Waals surface area (Å²) in [5, 5.41) is 16.3. The van der Waals surface area contributed by atoms with Crippen LogP contribution in [-0.4, -0.2) is 60.4 Å². The third-order valence-corrected chi connectivity index (χ3v) is 5.42. The van der Waals surface area contributed by atoms with Crippen LogP contribution >= 0.6 is 0 Å². The molecule has 0 aliphatic heterocycles. The first-order valence-corrected chi connectivity index (χ1v) is 12.5. The van der Waals surface area contributed by atoms with Crippen molar-refractivity contribution < 1.29 is 24.4 Å². The Morgan fingerprint density at radius 1 is 1.17 bits per heavy atom. The smallest absolute Gasteiger partial charge is 0.407 e. The van der Waals surface area contributed by atoms with Crippen molar-refractivity contribution in [2.24, 2.45) is 16.1 Å². The Bertz CT molecular complexity index is 991. The second kappa shape index (κ2) is 13.1. The molecule has 9 nitrogen and oxygen atoms in total. The molecule has 9 heteroatoms. The van der Waals surface area contributed by atoms with Crippen molar-refractivity contribution in [3.8, 4) is 0 Å². The molecular weight excluding hydrogens is 458 g/mol. The molecule has 1 aliphatic rings. The second-order valence-electron chi connectivity index (χ2n) is 10.8. The van der Waals surface area contributed by atoms with Crippen LogP contribution < -0.4 is 21.4 Å². The van der Waals surface area contributed by atoms with Crippen molar-refractivity contribution >= 4 is 23.5 Å². The second-order valence-corrected chi connectivity index (χ2v) is 10.8. The molecule has 1 aromatic rings. The zero-order valence-corrected chi connectivity index (χ0v) is 22.2. The van der Waals surface area contributed by atoms with Gasteiger partial charge in [-0.1, -0.05) is 44.2 Å². The van der Waals surface area contributed by atoms with Gasteiger partial charge in [0.15, 0.2) is 5.78 Å². The molecule has 0 spiro atoms. The molecule has 36 heavy (non-hydrogen) atoms. The minimum atomic E-state index is -0.538. The largest absolute Gasteiger partial charge is 0.511 e. The summed E-state index contributed by atoms with van der Waals surface area (Å²) < 4.78 is 5.18. The normalized spacial score (nSPS) is 16.6. The van der Waals surface area contributed by atoms with Gasteiger partial charge in [0.1, 0.15) is 11.4 Å². The summed E-state index contributed by atoms with van der Waals surface area (Å²) in [4.78, 5) is 32.3. The quantitative estimate of drug-likeness (QED) is 0.188. The first-order valence-electron chi connectivity index (χ1n) is 12.5. The van der Waals surface area contributed by atoms with Gasteiger partial charge in [0.05, 0.1) is 30.9 Å². The molecule has 1 aromatic carbocycles. The fourth-order valence-electron chi connectivity index (χ4n) is 3.88. The number of Topliss-reactive ketones (excluding diaryl/α,β-unsaturated/α-hetero) is 1. The molecule has 1 amide bonds. The number of aliphatic imine (C=N–C) groups is 1. The summed E-state index contributed by atoms with van der Waals surface area (Å²) in [5.41, 5.74) is 7.19. The molecule has 0 radical (unpaired) electrons. The number of rotatable bonds is 10. The van der Waals surface area contributed by atoms with Crippen LogP contribution in [0, 0.1) is 5.41 Å². The van der Waals surface area contributed by atoms with Crippen LogP contribution in [0.2, 0.25) is 0 Å². The molecule has 0 saturated heterocycles. The van der Waals surface area contributed by atoms with Gasteiger partial charge in [-0.05, 0) is 38.2 Å². The number of ketones is 1. The molecule has 1 aliphatic carbocycles. The summed E-state index contributed by atoms with van der Waals surface area (Å²) >= 11 is 0. The number of allylic oxidation sites excluding steroid dienone is 2. The van der Waals surface area contributed by atoms with E-state index >= 15 is 0 Å². The summed E-state index contributed by atoms with van der Waals surface area (Å²) in [6.07, 6.45) is 1.55. The van der Waals surface area contributed by atoms with Gasteiger partial charge in [-0.15, -0.1) is 0 Å². The van der Waals surface area contributed by atoms with E-state index in [1.165, 1.54) is 0 Å². The van der Waals surface area contributed by atoms with Crippen LogP contribution in [0.4, 0.5) is 4.79 Å². The summed E-state index contributed by atoms with van der Waals surface area (Å²) in [6, 6.07) is 9.83. The summed E-state index contributed by atoms with van der Waals surface area (Å²) in [7, 11) is 0. The van der Waals surface area contributed by atoms with E-state index in [0.717, 1.165) is 5.56 Å². The zero-order chi connectivity index (χ0) is 26.8. The van der Waals surface area contributed by atoms with Crippen molar-refractivity contribution in [3.63, 3.8) is 0 Å². The van der Waals surface area contributed by atoms with Gasteiger partial charge in [-0.3, -0.25) is 25.8 Å². The first kappa shape index (κ1) is 28.9. The average Bonchev–Trinajstić information content (AvgIpc) is 2.74. The predicted molar refractivity (Wildman–Crippen MR) is 142 cm³/mol. The highest BCUT2D eigenvalue weighted by Gasteiger charge is 2.35. The van der Waals surface area contributed by atoms with E-state index in [1.54, 1.807) is 0 Å². The molecule has 6 N–H and O–H groups in total. The van der Waals surface area contributed by atoms with Gasteiger partial charge in [0.25, 0.3) is 0 Å². The van der Waals surface area contributed by atoms with E-state index in [2.05, 4.69) is 15.6 Å². The Balaban J connectivity index is 1.90. The fourth-order valence-corrected chi connectivity index (χ4v) is 3.88. The van der Waals surface area contributed by atoms with E-state index < -0.39 is 11.7 Å². The van der Waals surface area contributed by atoms with Crippen LogP contribution in [0.5, 0.6) is 0 Å². The number of guanidine groups is 1. The number of nitrogens with two attached hydrogens (primary N) is 1. The highest BCUT2D eigenvalue weighted by molar-refractivity contribution is 6.23. The average molecular weight is 501 g/mol. The fraction of sp³-hybridized carbons (Fsp3) is 0.556. The highest BCUT2D eigenvalue weighted by Crippen LogP contribution is 2.36. The molecule has 0 atom stereocenters. The minimum absolute atomic E-state index is 0.0571. The number of hydrogen-bond acceptors (Lipinski definition) is 5. The monoisotopic (exact) mass is 500 g/mol. The number of hydrogen-bond donors (Lipinski definition) is 5. The SMILES string of the molecule is CC1(C)CC(=O)C(C(Cc2ccccc2)=NCCC[NH+]=C(N)NCCNC(=O)OC(C)(C)C)=C(O)C1. The maximum Gasteiger partial charge on any atom is 0.407 e. The van der Waals surface area contributed by atoms with Crippen molar-refractivity contribution in [2.75, 3.05) is 26.2 Å². The Hall–Kier alpha value is -3.36. The maximum atomic E-state index is 12.9. The molecule has 0 fully saturated rings. The molecule has 0 unspecified atom stereocenters. The standard InChI is InChI=1S/C27H41N5O4/c1-26(2,3)36-25(35)32-15-14-31-24(28)30-13-9-12-29-20(16-19-10-7-6-8-11-19)23-21(33)17-27(4,5)18-22(23)34/h6-8,10-11,33H,9,12-18H2,1-5H3,(H,32,35)(H3,28,30,31)/p+1. The van der Waals surface area contributed by atoms with Gasteiger partial charge < -0.3 is 15.2 Å². The molecule has 198 valence electrons. The zero-order valence-electron chi connectivity index (χ0n) is 22.2.